The predicted octanol–water partition coefficient (Wildman–Crippen LogP) is 2.80. The van der Waals surface area contributed by atoms with Gasteiger partial charge in [0, 0.05) is 39.3 Å². The summed E-state index contributed by atoms with van der Waals surface area (Å²) in [7, 11) is 2.06. The molecule has 0 aromatic heterocycles. The Morgan fingerprint density at radius 3 is 1.48 bits per heavy atom. The van der Waals surface area contributed by atoms with E-state index in [9.17, 15) is 9.59 Å². The highest BCUT2D eigenvalue weighted by molar-refractivity contribution is 5.68. The number of piperidine rings is 1. The van der Waals surface area contributed by atoms with E-state index >= 15 is 0 Å². The van der Waals surface area contributed by atoms with E-state index in [1.165, 1.54) is 6.42 Å². The van der Waals surface area contributed by atoms with Gasteiger partial charge in [0.05, 0.1) is 12.2 Å². The molecule has 0 aromatic carbocycles. The fraction of sp³-hybridized carbons (Fsp3) is 0.889. The molecule has 2 heterocycles. The molecule has 0 aromatic rings. The molecule has 0 N–H and O–H groups in total. The first-order valence-corrected chi connectivity index (χ1v) is 9.39. The molecule has 2 amide bonds. The summed E-state index contributed by atoms with van der Waals surface area (Å²) in [6.45, 7) is 12.7. The van der Waals surface area contributed by atoms with Gasteiger partial charge >= 0.3 is 12.2 Å². The van der Waals surface area contributed by atoms with Crippen LogP contribution in [0.5, 0.6) is 0 Å². The number of carbonyl (C=O) groups is 2. The van der Waals surface area contributed by atoms with Gasteiger partial charge in [0.1, 0.15) is 0 Å². The fourth-order valence-corrected chi connectivity index (χ4v) is 2.62. The van der Waals surface area contributed by atoms with Crippen LogP contribution in [0.2, 0.25) is 0 Å². The number of carbonyl (C=O) groups excluding carboxylic acids is 2. The van der Waals surface area contributed by atoms with Crippen molar-refractivity contribution in [2.75, 3.05) is 46.3 Å². The lowest BCUT2D eigenvalue weighted by atomic mass is 10.1. The van der Waals surface area contributed by atoms with Gasteiger partial charge in [-0.15, -0.1) is 0 Å². The number of likely N-dealkylation sites (N-methyl/N-ethyl adjacent to an activating group) is 1. The smallest absolute Gasteiger partial charge is 0.410 e. The number of likely N-dealkylation sites (tertiary alicyclic amines) is 1. The quantitative estimate of drug-likeness (QED) is 0.760. The third-order valence-corrected chi connectivity index (χ3v) is 4.05. The van der Waals surface area contributed by atoms with Gasteiger partial charge in [-0.1, -0.05) is 0 Å². The normalized spacial score (nSPS) is 18.7. The maximum Gasteiger partial charge on any atom is 0.410 e. The highest BCUT2D eigenvalue weighted by Gasteiger charge is 2.20. The summed E-state index contributed by atoms with van der Waals surface area (Å²) in [4.78, 5) is 28.5. The molecule has 2 rings (SSSR count). The van der Waals surface area contributed by atoms with Crippen molar-refractivity contribution in [3.05, 3.63) is 0 Å². The number of ether oxygens (including phenoxy) is 2. The number of rotatable bonds is 2. The zero-order valence-electron chi connectivity index (χ0n) is 16.5. The number of nitrogens with zero attached hydrogens (tertiary/aromatic N) is 3. The highest BCUT2D eigenvalue weighted by Crippen LogP contribution is 2.10. The first-order chi connectivity index (χ1) is 11.8. The Bertz CT molecular complexity index is 401. The molecule has 2 fully saturated rings. The van der Waals surface area contributed by atoms with Crippen LogP contribution in [-0.2, 0) is 9.47 Å². The largest absolute Gasteiger partial charge is 0.447 e. The Labute approximate surface area is 152 Å². The van der Waals surface area contributed by atoms with E-state index in [4.69, 9.17) is 9.47 Å². The average molecular weight is 357 g/mol. The third kappa shape index (κ3) is 8.95. The molecule has 0 bridgehead atoms. The minimum atomic E-state index is -0.178. The number of hydrogen-bond donors (Lipinski definition) is 0. The summed E-state index contributed by atoms with van der Waals surface area (Å²) in [5.41, 5.74) is 0. The maximum atomic E-state index is 11.4. The van der Waals surface area contributed by atoms with Gasteiger partial charge in [-0.05, 0) is 54.0 Å². The van der Waals surface area contributed by atoms with Gasteiger partial charge < -0.3 is 24.2 Å². The Hall–Kier alpha value is -1.50. The SMILES string of the molecule is CC(C)OC(=O)N1CCCCC1.CC(C)OC(=O)N1CCN(C)CC1. The van der Waals surface area contributed by atoms with Gasteiger partial charge in [-0.3, -0.25) is 0 Å². The molecule has 0 aliphatic carbocycles. The third-order valence-electron chi connectivity index (χ3n) is 4.05. The highest BCUT2D eigenvalue weighted by atomic mass is 16.6. The van der Waals surface area contributed by atoms with Crippen LogP contribution in [0.25, 0.3) is 0 Å². The Morgan fingerprint density at radius 1 is 0.680 bits per heavy atom. The molecule has 2 aliphatic rings. The van der Waals surface area contributed by atoms with Gasteiger partial charge in [0.15, 0.2) is 0 Å². The predicted molar refractivity (Wildman–Crippen MR) is 97.7 cm³/mol. The first-order valence-electron chi connectivity index (χ1n) is 9.39. The van der Waals surface area contributed by atoms with Crippen molar-refractivity contribution >= 4 is 12.2 Å². The van der Waals surface area contributed by atoms with E-state index < -0.39 is 0 Å². The van der Waals surface area contributed by atoms with E-state index in [0.29, 0.717) is 0 Å². The van der Waals surface area contributed by atoms with Gasteiger partial charge in [-0.2, -0.15) is 0 Å². The first kappa shape index (κ1) is 21.5. The molecule has 0 saturated carbocycles. The molecule has 2 saturated heterocycles. The minimum Gasteiger partial charge on any atom is -0.447 e. The van der Waals surface area contributed by atoms with Crippen LogP contribution >= 0.6 is 0 Å². The molecule has 0 radical (unpaired) electrons. The van der Waals surface area contributed by atoms with Crippen LogP contribution in [0, 0.1) is 0 Å². The summed E-state index contributed by atoms with van der Waals surface area (Å²) in [5.74, 6) is 0. The zero-order valence-corrected chi connectivity index (χ0v) is 16.5. The summed E-state index contributed by atoms with van der Waals surface area (Å²) >= 11 is 0. The molecular weight excluding hydrogens is 322 g/mol. The maximum absolute atomic E-state index is 11.4. The molecule has 0 unspecified atom stereocenters. The molecule has 0 spiro atoms. The van der Waals surface area contributed by atoms with Crippen molar-refractivity contribution in [3.63, 3.8) is 0 Å². The summed E-state index contributed by atoms with van der Waals surface area (Å²) in [6, 6.07) is 0. The van der Waals surface area contributed by atoms with Gasteiger partial charge in [0.25, 0.3) is 0 Å². The van der Waals surface area contributed by atoms with Crippen molar-refractivity contribution in [1.82, 2.24) is 14.7 Å². The van der Waals surface area contributed by atoms with Crippen LogP contribution in [0.1, 0.15) is 47.0 Å². The number of piperazine rings is 1. The van der Waals surface area contributed by atoms with Crippen LogP contribution in [0.15, 0.2) is 0 Å². The van der Waals surface area contributed by atoms with Crippen molar-refractivity contribution in [2.24, 2.45) is 0 Å². The minimum absolute atomic E-state index is 0.000531. The van der Waals surface area contributed by atoms with E-state index in [2.05, 4.69) is 11.9 Å². The Balaban J connectivity index is 0.000000251. The number of hydrogen-bond acceptors (Lipinski definition) is 5. The van der Waals surface area contributed by atoms with E-state index in [-0.39, 0.29) is 24.4 Å². The van der Waals surface area contributed by atoms with Crippen molar-refractivity contribution < 1.29 is 19.1 Å². The van der Waals surface area contributed by atoms with Crippen LogP contribution in [-0.4, -0.2) is 85.4 Å². The summed E-state index contributed by atoms with van der Waals surface area (Å²) < 4.78 is 10.2. The van der Waals surface area contributed by atoms with E-state index in [1.807, 2.05) is 27.7 Å². The average Bonchev–Trinajstić information content (AvgIpc) is 2.55. The number of amides is 2. The fourth-order valence-electron chi connectivity index (χ4n) is 2.62. The van der Waals surface area contributed by atoms with Crippen molar-refractivity contribution in [1.29, 1.82) is 0 Å². The van der Waals surface area contributed by atoms with Crippen LogP contribution < -0.4 is 0 Å². The van der Waals surface area contributed by atoms with Gasteiger partial charge in [0.2, 0.25) is 0 Å². The second kappa shape index (κ2) is 11.2. The molecule has 2 aliphatic heterocycles. The Kier molecular flexibility index (Phi) is 9.63. The lowest BCUT2D eigenvalue weighted by molar-refractivity contribution is 0.0611. The lowest BCUT2D eigenvalue weighted by Crippen LogP contribution is -2.47. The lowest BCUT2D eigenvalue weighted by Gasteiger charge is -2.32. The molecule has 7 heteroatoms. The Morgan fingerprint density at radius 2 is 1.08 bits per heavy atom. The topological polar surface area (TPSA) is 62.3 Å². The van der Waals surface area contributed by atoms with Crippen molar-refractivity contribution in [2.45, 2.75) is 59.2 Å². The summed E-state index contributed by atoms with van der Waals surface area (Å²) in [6.07, 6.45) is 3.13. The van der Waals surface area contributed by atoms with E-state index in [0.717, 1.165) is 52.1 Å². The standard InChI is InChI=1S/C9H18N2O2.C9H17NO2/c1-8(2)13-9(12)11-6-4-10(3)5-7-11;1-8(2)12-9(11)10-6-4-3-5-7-10/h8H,4-7H2,1-3H3;8H,3-7H2,1-2H3. The molecular formula is C18H35N3O4. The second-order valence-corrected chi connectivity index (χ2v) is 7.20. The summed E-state index contributed by atoms with van der Waals surface area (Å²) in [5, 5.41) is 0. The molecule has 0 atom stereocenters. The molecule has 7 nitrogen and oxygen atoms in total. The zero-order chi connectivity index (χ0) is 18.8. The monoisotopic (exact) mass is 357 g/mol. The second-order valence-electron chi connectivity index (χ2n) is 7.20. The van der Waals surface area contributed by atoms with Crippen LogP contribution in [0.3, 0.4) is 0 Å². The van der Waals surface area contributed by atoms with Crippen molar-refractivity contribution in [3.8, 4) is 0 Å². The van der Waals surface area contributed by atoms with Crippen LogP contribution in [0.4, 0.5) is 9.59 Å². The molecule has 146 valence electrons. The van der Waals surface area contributed by atoms with E-state index in [1.54, 1.807) is 9.80 Å². The van der Waals surface area contributed by atoms with Gasteiger partial charge in [-0.25, -0.2) is 9.59 Å². The molecule has 25 heavy (non-hydrogen) atoms.